The summed E-state index contributed by atoms with van der Waals surface area (Å²) in [5.74, 6) is 0.677. The number of rotatable bonds is 6. The molecule has 1 rings (SSSR count). The quantitative estimate of drug-likeness (QED) is 0.831. The van der Waals surface area contributed by atoms with Crippen molar-refractivity contribution in [3.05, 3.63) is 24.2 Å². The maximum Gasteiger partial charge on any atom is 0.239 e. The Labute approximate surface area is 117 Å². The summed E-state index contributed by atoms with van der Waals surface area (Å²) in [7, 11) is 0. The lowest BCUT2D eigenvalue weighted by Gasteiger charge is -2.16. The van der Waals surface area contributed by atoms with Gasteiger partial charge >= 0.3 is 0 Å². The average molecular weight is 284 g/mol. The van der Waals surface area contributed by atoms with Crippen LogP contribution in [0.25, 0.3) is 0 Å². The van der Waals surface area contributed by atoms with Gasteiger partial charge in [-0.05, 0) is 12.1 Å². The van der Waals surface area contributed by atoms with E-state index in [1.807, 2.05) is 20.8 Å². The summed E-state index contributed by atoms with van der Waals surface area (Å²) in [6.07, 6.45) is 1.55. The van der Waals surface area contributed by atoms with Crippen molar-refractivity contribution in [3.63, 3.8) is 0 Å². The van der Waals surface area contributed by atoms with Gasteiger partial charge in [-0.3, -0.25) is 9.59 Å². The van der Waals surface area contributed by atoms with Gasteiger partial charge in [0.15, 0.2) is 0 Å². The minimum Gasteiger partial charge on any atom is -0.467 e. The molecule has 0 aromatic carbocycles. The van der Waals surface area contributed by atoms with E-state index in [1.54, 1.807) is 30.2 Å². The molecule has 0 aliphatic carbocycles. The summed E-state index contributed by atoms with van der Waals surface area (Å²) >= 11 is 1.55. The summed E-state index contributed by atoms with van der Waals surface area (Å²) < 4.78 is 5.12. The molecule has 1 aromatic heterocycles. The second-order valence-electron chi connectivity index (χ2n) is 5.03. The Morgan fingerprint density at radius 1 is 1.26 bits per heavy atom. The van der Waals surface area contributed by atoms with Crippen LogP contribution in [0.1, 0.15) is 26.5 Å². The van der Waals surface area contributed by atoms with Gasteiger partial charge in [-0.25, -0.2) is 0 Å². The molecule has 1 aromatic rings. The molecule has 6 heteroatoms. The predicted octanol–water partition coefficient (Wildman–Crippen LogP) is 1.54. The smallest absolute Gasteiger partial charge is 0.239 e. The molecular weight excluding hydrogens is 264 g/mol. The molecule has 0 bridgehead atoms. The Kier molecular flexibility index (Phi) is 5.95. The van der Waals surface area contributed by atoms with E-state index in [0.29, 0.717) is 18.1 Å². The van der Waals surface area contributed by atoms with Crippen LogP contribution in [-0.4, -0.2) is 28.9 Å². The van der Waals surface area contributed by atoms with Crippen molar-refractivity contribution in [2.75, 3.05) is 12.3 Å². The lowest BCUT2D eigenvalue weighted by molar-refractivity contribution is -0.124. The second kappa shape index (κ2) is 7.23. The van der Waals surface area contributed by atoms with Gasteiger partial charge < -0.3 is 15.1 Å². The molecule has 2 N–H and O–H groups in total. The Balaban J connectivity index is 2.14. The van der Waals surface area contributed by atoms with Crippen molar-refractivity contribution in [1.82, 2.24) is 10.6 Å². The maximum atomic E-state index is 11.5. The molecule has 0 radical (unpaired) electrons. The molecule has 0 aliphatic heterocycles. The predicted molar refractivity (Wildman–Crippen MR) is 75.8 cm³/mol. The van der Waals surface area contributed by atoms with Crippen LogP contribution in [0.2, 0.25) is 0 Å². The van der Waals surface area contributed by atoms with Crippen LogP contribution in [0.15, 0.2) is 22.8 Å². The molecule has 2 amide bonds. The van der Waals surface area contributed by atoms with Crippen LogP contribution in [0, 0.1) is 0 Å². The fourth-order valence-corrected chi connectivity index (χ4v) is 1.84. The SMILES string of the molecule is CC(C)(C)SCC(=O)NCC(=O)NCc1ccco1. The molecule has 0 saturated heterocycles. The minimum absolute atomic E-state index is 0.00968. The Bertz CT molecular complexity index is 410. The number of amides is 2. The van der Waals surface area contributed by atoms with Crippen molar-refractivity contribution < 1.29 is 14.0 Å². The molecule has 0 saturated carbocycles. The van der Waals surface area contributed by atoms with Crippen molar-refractivity contribution in [3.8, 4) is 0 Å². The minimum atomic E-state index is -0.231. The van der Waals surface area contributed by atoms with Gasteiger partial charge in [-0.2, -0.15) is 0 Å². The first-order valence-electron chi connectivity index (χ1n) is 6.06. The van der Waals surface area contributed by atoms with Crippen molar-refractivity contribution >= 4 is 23.6 Å². The van der Waals surface area contributed by atoms with E-state index in [-0.39, 0.29) is 23.1 Å². The third kappa shape index (κ3) is 7.56. The number of thioether (sulfide) groups is 1. The van der Waals surface area contributed by atoms with E-state index in [0.717, 1.165) is 0 Å². The standard InChI is InChI=1S/C13H20N2O3S/c1-13(2,3)19-9-12(17)15-8-11(16)14-7-10-5-4-6-18-10/h4-6H,7-9H2,1-3H3,(H,14,16)(H,15,17). The molecule has 0 aliphatic rings. The highest BCUT2D eigenvalue weighted by atomic mass is 32.2. The zero-order chi connectivity index (χ0) is 14.3. The van der Waals surface area contributed by atoms with Gasteiger partial charge in [0.25, 0.3) is 0 Å². The zero-order valence-corrected chi connectivity index (χ0v) is 12.3. The first kappa shape index (κ1) is 15.6. The number of carbonyl (C=O) groups is 2. The van der Waals surface area contributed by atoms with E-state index in [2.05, 4.69) is 10.6 Å². The van der Waals surface area contributed by atoms with Gasteiger partial charge in [-0.15, -0.1) is 11.8 Å². The fraction of sp³-hybridized carbons (Fsp3) is 0.538. The molecule has 106 valence electrons. The first-order valence-corrected chi connectivity index (χ1v) is 7.05. The number of carbonyl (C=O) groups excluding carboxylic acids is 2. The number of furan rings is 1. The molecule has 1 heterocycles. The summed E-state index contributed by atoms with van der Waals surface area (Å²) in [4.78, 5) is 23.0. The van der Waals surface area contributed by atoms with Crippen LogP contribution in [-0.2, 0) is 16.1 Å². The molecule has 0 atom stereocenters. The van der Waals surface area contributed by atoms with E-state index in [4.69, 9.17) is 4.42 Å². The first-order chi connectivity index (χ1) is 8.87. The Hall–Kier alpha value is -1.43. The summed E-state index contributed by atoms with van der Waals surface area (Å²) in [5.41, 5.74) is 0. The van der Waals surface area contributed by atoms with E-state index < -0.39 is 0 Å². The Morgan fingerprint density at radius 2 is 2.00 bits per heavy atom. The molecule has 0 unspecified atom stereocenters. The van der Waals surface area contributed by atoms with Crippen molar-refractivity contribution in [1.29, 1.82) is 0 Å². The van der Waals surface area contributed by atoms with Crippen LogP contribution in [0.3, 0.4) is 0 Å². The van der Waals surface area contributed by atoms with Crippen molar-refractivity contribution in [2.24, 2.45) is 0 Å². The van der Waals surface area contributed by atoms with Gasteiger partial charge in [0.1, 0.15) is 5.76 Å². The summed E-state index contributed by atoms with van der Waals surface area (Å²) in [6, 6.07) is 3.53. The molecule has 0 spiro atoms. The zero-order valence-electron chi connectivity index (χ0n) is 11.5. The van der Waals surface area contributed by atoms with Gasteiger partial charge in [0.05, 0.1) is 25.1 Å². The van der Waals surface area contributed by atoms with Crippen LogP contribution in [0.5, 0.6) is 0 Å². The largest absolute Gasteiger partial charge is 0.467 e. The van der Waals surface area contributed by atoms with Crippen molar-refractivity contribution in [2.45, 2.75) is 32.1 Å². The highest BCUT2D eigenvalue weighted by Crippen LogP contribution is 2.22. The van der Waals surface area contributed by atoms with E-state index in [9.17, 15) is 9.59 Å². The lowest BCUT2D eigenvalue weighted by atomic mass is 10.3. The highest BCUT2D eigenvalue weighted by Gasteiger charge is 2.13. The second-order valence-corrected chi connectivity index (χ2v) is 6.84. The topological polar surface area (TPSA) is 71.3 Å². The highest BCUT2D eigenvalue weighted by molar-refractivity contribution is 8.01. The van der Waals surface area contributed by atoms with Gasteiger partial charge in [0.2, 0.25) is 11.8 Å². The molecule has 5 nitrogen and oxygen atoms in total. The third-order valence-electron chi connectivity index (χ3n) is 2.12. The van der Waals surface area contributed by atoms with Gasteiger partial charge in [-0.1, -0.05) is 20.8 Å². The lowest BCUT2D eigenvalue weighted by Crippen LogP contribution is -2.37. The van der Waals surface area contributed by atoms with Crippen LogP contribution >= 0.6 is 11.8 Å². The normalized spacial score (nSPS) is 11.1. The van der Waals surface area contributed by atoms with Gasteiger partial charge in [0, 0.05) is 4.75 Å². The molecule has 0 fully saturated rings. The maximum absolute atomic E-state index is 11.5. The fourth-order valence-electron chi connectivity index (χ4n) is 1.17. The number of nitrogens with one attached hydrogen (secondary N) is 2. The Morgan fingerprint density at radius 3 is 2.58 bits per heavy atom. The third-order valence-corrected chi connectivity index (χ3v) is 3.39. The molecule has 19 heavy (non-hydrogen) atoms. The number of hydrogen-bond donors (Lipinski definition) is 2. The molecular formula is C13H20N2O3S. The van der Waals surface area contributed by atoms with E-state index >= 15 is 0 Å². The summed E-state index contributed by atoms with van der Waals surface area (Å²) in [5, 5.41) is 5.24. The van der Waals surface area contributed by atoms with Crippen LogP contribution in [0.4, 0.5) is 0 Å². The van der Waals surface area contributed by atoms with Crippen LogP contribution < -0.4 is 10.6 Å². The monoisotopic (exact) mass is 284 g/mol. The van der Waals surface area contributed by atoms with E-state index in [1.165, 1.54) is 0 Å². The number of hydrogen-bond acceptors (Lipinski definition) is 4. The summed E-state index contributed by atoms with van der Waals surface area (Å²) in [6.45, 7) is 6.45. The average Bonchev–Trinajstić information content (AvgIpc) is 2.83.